The molecule has 102 valence electrons. The fourth-order valence-electron chi connectivity index (χ4n) is 1.86. The van der Waals surface area contributed by atoms with Crippen LogP contribution in [0.4, 0.5) is 0 Å². The van der Waals surface area contributed by atoms with Gasteiger partial charge in [0.1, 0.15) is 0 Å². The van der Waals surface area contributed by atoms with Gasteiger partial charge in [0.25, 0.3) is 0 Å². The van der Waals surface area contributed by atoms with Crippen LogP contribution >= 0.6 is 11.5 Å². The Morgan fingerprint density at radius 1 is 1.39 bits per heavy atom. The van der Waals surface area contributed by atoms with Gasteiger partial charge in [-0.15, -0.1) is 5.10 Å². The molecule has 1 aromatic heterocycles. The van der Waals surface area contributed by atoms with Crippen LogP contribution in [-0.2, 0) is 12.0 Å². The molecule has 2 N–H and O–H groups in total. The first-order chi connectivity index (χ1) is 8.47. The van der Waals surface area contributed by atoms with Crippen LogP contribution in [0.25, 0.3) is 0 Å². The summed E-state index contributed by atoms with van der Waals surface area (Å²) in [4.78, 5) is 1.26. The average Bonchev–Trinajstić information content (AvgIpc) is 2.98. The van der Waals surface area contributed by atoms with Crippen LogP contribution in [0.5, 0.6) is 0 Å². The Morgan fingerprint density at radius 2 is 2.11 bits per heavy atom. The zero-order valence-electron chi connectivity index (χ0n) is 11.8. The van der Waals surface area contributed by atoms with Crippen molar-refractivity contribution >= 4 is 11.5 Å². The molecule has 5 heteroatoms. The minimum Gasteiger partial charge on any atom is -0.312 e. The summed E-state index contributed by atoms with van der Waals surface area (Å²) in [5.74, 6) is 0. The van der Waals surface area contributed by atoms with Crippen LogP contribution in [0.3, 0.4) is 0 Å². The predicted octanol–water partition coefficient (Wildman–Crippen LogP) is 2.07. The molecular weight excluding hydrogens is 244 g/mol. The SMILES string of the molecule is CC(CNC1CC1)NCc1snnc1C(C)(C)C. The number of nitrogens with zero attached hydrogens (tertiary/aromatic N) is 2. The van der Waals surface area contributed by atoms with E-state index in [0.29, 0.717) is 6.04 Å². The van der Waals surface area contributed by atoms with Crippen LogP contribution in [-0.4, -0.2) is 28.2 Å². The molecule has 0 radical (unpaired) electrons. The number of nitrogens with one attached hydrogen (secondary N) is 2. The number of aromatic nitrogens is 2. The molecule has 1 unspecified atom stereocenters. The van der Waals surface area contributed by atoms with Gasteiger partial charge in [-0.3, -0.25) is 0 Å². The van der Waals surface area contributed by atoms with Gasteiger partial charge in [0.15, 0.2) is 0 Å². The van der Waals surface area contributed by atoms with E-state index in [1.165, 1.54) is 29.3 Å². The first kappa shape index (κ1) is 13.9. The first-order valence-corrected chi connectivity index (χ1v) is 7.52. The van der Waals surface area contributed by atoms with E-state index in [1.54, 1.807) is 0 Å². The fraction of sp³-hybridized carbons (Fsp3) is 0.846. The quantitative estimate of drug-likeness (QED) is 0.829. The van der Waals surface area contributed by atoms with Gasteiger partial charge in [-0.05, 0) is 31.3 Å². The molecule has 0 saturated heterocycles. The number of rotatable bonds is 6. The molecule has 0 bridgehead atoms. The Hall–Kier alpha value is -0.520. The van der Waals surface area contributed by atoms with Crippen molar-refractivity contribution in [3.8, 4) is 0 Å². The van der Waals surface area contributed by atoms with E-state index in [1.807, 2.05) is 0 Å². The van der Waals surface area contributed by atoms with E-state index in [0.717, 1.165) is 24.8 Å². The molecule has 2 rings (SSSR count). The maximum atomic E-state index is 4.26. The average molecular weight is 268 g/mol. The van der Waals surface area contributed by atoms with Crippen LogP contribution in [0.1, 0.15) is 51.1 Å². The molecule has 0 amide bonds. The maximum Gasteiger partial charge on any atom is 0.0854 e. The van der Waals surface area contributed by atoms with Gasteiger partial charge in [0.05, 0.1) is 10.6 Å². The van der Waals surface area contributed by atoms with Crippen molar-refractivity contribution in [1.29, 1.82) is 0 Å². The lowest BCUT2D eigenvalue weighted by Crippen LogP contribution is -2.37. The fourth-order valence-corrected chi connectivity index (χ4v) is 2.67. The van der Waals surface area contributed by atoms with Gasteiger partial charge in [0, 0.05) is 30.6 Å². The monoisotopic (exact) mass is 268 g/mol. The van der Waals surface area contributed by atoms with Crippen molar-refractivity contribution in [2.24, 2.45) is 0 Å². The molecule has 1 heterocycles. The van der Waals surface area contributed by atoms with Gasteiger partial charge in [-0.1, -0.05) is 25.3 Å². The van der Waals surface area contributed by atoms with Crippen molar-refractivity contribution in [2.45, 2.75) is 64.6 Å². The smallest absolute Gasteiger partial charge is 0.0854 e. The summed E-state index contributed by atoms with van der Waals surface area (Å²) in [5, 5.41) is 11.4. The Bertz CT molecular complexity index is 379. The third-order valence-corrected chi connectivity index (χ3v) is 3.89. The van der Waals surface area contributed by atoms with Crippen LogP contribution in [0.2, 0.25) is 0 Å². The Labute approximate surface area is 114 Å². The highest BCUT2D eigenvalue weighted by Crippen LogP contribution is 2.25. The largest absolute Gasteiger partial charge is 0.312 e. The predicted molar refractivity (Wildman–Crippen MR) is 75.9 cm³/mol. The molecule has 1 aliphatic carbocycles. The topological polar surface area (TPSA) is 49.8 Å². The Morgan fingerprint density at radius 3 is 2.72 bits per heavy atom. The van der Waals surface area contributed by atoms with Crippen LogP contribution < -0.4 is 10.6 Å². The molecule has 4 nitrogen and oxygen atoms in total. The standard InChI is InChI=1S/C13H24N4S/c1-9(7-15-10-5-6-10)14-8-11-12(13(2,3)4)16-17-18-11/h9-10,14-15H,5-8H2,1-4H3. The summed E-state index contributed by atoms with van der Waals surface area (Å²) in [5.41, 5.74) is 1.21. The lowest BCUT2D eigenvalue weighted by Gasteiger charge is -2.18. The molecule has 18 heavy (non-hydrogen) atoms. The normalized spacial score (nSPS) is 18.0. The lowest BCUT2D eigenvalue weighted by atomic mass is 9.91. The maximum absolute atomic E-state index is 4.26. The Kier molecular flexibility index (Phi) is 4.35. The van der Waals surface area contributed by atoms with Gasteiger partial charge in [0.2, 0.25) is 0 Å². The minimum atomic E-state index is 0.0829. The van der Waals surface area contributed by atoms with Gasteiger partial charge >= 0.3 is 0 Å². The molecule has 0 aromatic carbocycles. The molecule has 1 saturated carbocycles. The minimum absolute atomic E-state index is 0.0829. The van der Waals surface area contributed by atoms with E-state index in [2.05, 4.69) is 47.9 Å². The van der Waals surface area contributed by atoms with Crippen molar-refractivity contribution in [2.75, 3.05) is 6.54 Å². The molecule has 0 spiro atoms. The molecule has 1 fully saturated rings. The summed E-state index contributed by atoms with van der Waals surface area (Å²) in [6.45, 7) is 10.7. The summed E-state index contributed by atoms with van der Waals surface area (Å²) >= 11 is 1.51. The van der Waals surface area contributed by atoms with Crippen LogP contribution in [0, 0.1) is 0 Å². The summed E-state index contributed by atoms with van der Waals surface area (Å²) in [7, 11) is 0. The van der Waals surface area contributed by atoms with E-state index < -0.39 is 0 Å². The van der Waals surface area contributed by atoms with E-state index in [-0.39, 0.29) is 5.41 Å². The van der Waals surface area contributed by atoms with Crippen molar-refractivity contribution in [1.82, 2.24) is 20.2 Å². The van der Waals surface area contributed by atoms with E-state index in [9.17, 15) is 0 Å². The molecule has 1 aliphatic rings. The second-order valence-corrected chi connectivity index (χ2v) is 7.10. The molecular formula is C13H24N4S. The van der Waals surface area contributed by atoms with Gasteiger partial charge in [-0.25, -0.2) is 0 Å². The highest BCUT2D eigenvalue weighted by molar-refractivity contribution is 7.05. The third-order valence-electron chi connectivity index (χ3n) is 3.17. The second kappa shape index (κ2) is 5.63. The molecule has 1 atom stereocenters. The summed E-state index contributed by atoms with van der Waals surface area (Å²) < 4.78 is 4.09. The Balaban J connectivity index is 1.80. The lowest BCUT2D eigenvalue weighted by molar-refractivity contribution is 0.494. The molecule has 1 aromatic rings. The second-order valence-electron chi connectivity index (χ2n) is 6.26. The number of hydrogen-bond acceptors (Lipinski definition) is 5. The van der Waals surface area contributed by atoms with E-state index >= 15 is 0 Å². The van der Waals surface area contributed by atoms with Crippen molar-refractivity contribution in [3.05, 3.63) is 10.6 Å². The summed E-state index contributed by atoms with van der Waals surface area (Å²) in [6.07, 6.45) is 2.69. The third kappa shape index (κ3) is 4.00. The highest BCUT2D eigenvalue weighted by atomic mass is 32.1. The van der Waals surface area contributed by atoms with Crippen LogP contribution in [0.15, 0.2) is 0 Å². The first-order valence-electron chi connectivity index (χ1n) is 6.75. The summed E-state index contributed by atoms with van der Waals surface area (Å²) in [6, 6.07) is 1.27. The van der Waals surface area contributed by atoms with Gasteiger partial charge < -0.3 is 10.6 Å². The van der Waals surface area contributed by atoms with Gasteiger partial charge in [-0.2, -0.15) is 0 Å². The zero-order chi connectivity index (χ0) is 13.2. The zero-order valence-corrected chi connectivity index (χ0v) is 12.6. The van der Waals surface area contributed by atoms with Crippen molar-refractivity contribution in [3.63, 3.8) is 0 Å². The number of hydrogen-bond donors (Lipinski definition) is 2. The van der Waals surface area contributed by atoms with E-state index in [4.69, 9.17) is 0 Å². The highest BCUT2D eigenvalue weighted by Gasteiger charge is 2.23. The van der Waals surface area contributed by atoms with Crippen molar-refractivity contribution < 1.29 is 0 Å². The molecule has 0 aliphatic heterocycles.